The average Bonchev–Trinajstić information content (AvgIpc) is 2.73. The normalized spacial score (nSPS) is 12.0. The van der Waals surface area contributed by atoms with Gasteiger partial charge in [0.15, 0.2) is 5.76 Å². The van der Waals surface area contributed by atoms with Crippen molar-refractivity contribution in [2.45, 2.75) is 26.9 Å². The van der Waals surface area contributed by atoms with Crippen LogP contribution in [0.4, 0.5) is 0 Å². The molecule has 1 heterocycles. The van der Waals surface area contributed by atoms with Gasteiger partial charge in [0.25, 0.3) is 0 Å². The zero-order valence-electron chi connectivity index (χ0n) is 12.9. The lowest BCUT2D eigenvalue weighted by Gasteiger charge is -2.17. The predicted octanol–water partition coefficient (Wildman–Crippen LogP) is 1.41. The van der Waals surface area contributed by atoms with E-state index in [4.69, 9.17) is 4.52 Å². The van der Waals surface area contributed by atoms with Crippen LogP contribution in [0.1, 0.15) is 25.3 Å². The van der Waals surface area contributed by atoms with Gasteiger partial charge < -0.3 is 14.7 Å². The van der Waals surface area contributed by atoms with Gasteiger partial charge in [0.1, 0.15) is 0 Å². The molecule has 110 valence electrons. The number of hydrogen-bond donors (Lipinski definition) is 1. The Morgan fingerprint density at radius 1 is 1.26 bits per heavy atom. The summed E-state index contributed by atoms with van der Waals surface area (Å²) in [6.45, 7) is 9.06. The van der Waals surface area contributed by atoms with Crippen LogP contribution in [0.15, 0.2) is 10.6 Å². The van der Waals surface area contributed by atoms with E-state index in [9.17, 15) is 0 Å². The molecule has 1 aromatic rings. The lowest BCUT2D eigenvalue weighted by molar-refractivity contribution is 0.245. The van der Waals surface area contributed by atoms with Crippen molar-refractivity contribution < 1.29 is 4.52 Å². The molecule has 0 aliphatic rings. The van der Waals surface area contributed by atoms with Crippen LogP contribution in [-0.4, -0.2) is 55.7 Å². The fourth-order valence-electron chi connectivity index (χ4n) is 1.72. The molecule has 1 N–H and O–H groups in total. The van der Waals surface area contributed by atoms with Gasteiger partial charge in [0.2, 0.25) is 0 Å². The third kappa shape index (κ3) is 7.30. The Morgan fingerprint density at radius 2 is 2.00 bits per heavy atom. The van der Waals surface area contributed by atoms with Crippen molar-refractivity contribution in [2.75, 3.05) is 40.8 Å². The summed E-state index contributed by atoms with van der Waals surface area (Å²) in [6, 6.07) is 2.04. The van der Waals surface area contributed by atoms with Gasteiger partial charge in [-0.2, -0.15) is 0 Å². The fourth-order valence-corrected chi connectivity index (χ4v) is 1.72. The van der Waals surface area contributed by atoms with Gasteiger partial charge in [-0.15, -0.1) is 0 Å². The molecule has 0 amide bonds. The molecule has 5 heteroatoms. The van der Waals surface area contributed by atoms with Crippen molar-refractivity contribution in [3.8, 4) is 0 Å². The van der Waals surface area contributed by atoms with Crippen LogP contribution in [0.3, 0.4) is 0 Å². The topological polar surface area (TPSA) is 44.5 Å². The maximum absolute atomic E-state index is 5.35. The van der Waals surface area contributed by atoms with E-state index in [1.165, 1.54) is 0 Å². The minimum Gasteiger partial charge on any atom is -0.360 e. The third-order valence-electron chi connectivity index (χ3n) is 2.82. The Labute approximate surface area is 116 Å². The fraction of sp³-hybridized carbons (Fsp3) is 0.786. The Morgan fingerprint density at radius 3 is 2.63 bits per heavy atom. The van der Waals surface area contributed by atoms with Crippen molar-refractivity contribution in [1.29, 1.82) is 0 Å². The highest BCUT2D eigenvalue weighted by atomic mass is 16.5. The molecular formula is C14H28N4O. The molecule has 0 aromatic carbocycles. The highest BCUT2D eigenvalue weighted by Crippen LogP contribution is 2.06. The number of rotatable bonds is 9. The van der Waals surface area contributed by atoms with E-state index in [-0.39, 0.29) is 0 Å². The van der Waals surface area contributed by atoms with E-state index in [2.05, 4.69) is 55.3 Å². The highest BCUT2D eigenvalue weighted by molar-refractivity contribution is 5.05. The summed E-state index contributed by atoms with van der Waals surface area (Å²) in [6.07, 6.45) is 0. The van der Waals surface area contributed by atoms with Gasteiger partial charge in [0, 0.05) is 25.7 Å². The first-order valence-corrected chi connectivity index (χ1v) is 6.96. The minimum atomic E-state index is 0.656. The predicted molar refractivity (Wildman–Crippen MR) is 77.9 cm³/mol. The molecule has 0 bridgehead atoms. The first kappa shape index (κ1) is 16.1. The molecule has 0 spiro atoms. The van der Waals surface area contributed by atoms with E-state index < -0.39 is 0 Å². The van der Waals surface area contributed by atoms with Crippen LogP contribution in [0.5, 0.6) is 0 Å². The van der Waals surface area contributed by atoms with Crippen molar-refractivity contribution in [3.05, 3.63) is 17.5 Å². The molecule has 1 aromatic heterocycles. The van der Waals surface area contributed by atoms with Crippen molar-refractivity contribution in [1.82, 2.24) is 20.3 Å². The van der Waals surface area contributed by atoms with Gasteiger partial charge in [-0.25, -0.2) is 0 Å². The molecular weight excluding hydrogens is 240 g/mol. The lowest BCUT2D eigenvalue weighted by atomic mass is 10.2. The van der Waals surface area contributed by atoms with Crippen LogP contribution >= 0.6 is 0 Å². The quantitative estimate of drug-likeness (QED) is 0.734. The van der Waals surface area contributed by atoms with Gasteiger partial charge >= 0.3 is 0 Å². The molecule has 19 heavy (non-hydrogen) atoms. The first-order valence-electron chi connectivity index (χ1n) is 6.96. The summed E-state index contributed by atoms with van der Waals surface area (Å²) in [7, 11) is 6.27. The zero-order chi connectivity index (χ0) is 14.3. The molecule has 5 nitrogen and oxygen atoms in total. The molecule has 0 aliphatic heterocycles. The minimum absolute atomic E-state index is 0.656. The Kier molecular flexibility index (Phi) is 7.05. The molecule has 1 rings (SSSR count). The van der Waals surface area contributed by atoms with Gasteiger partial charge in [0.05, 0.1) is 12.2 Å². The zero-order valence-corrected chi connectivity index (χ0v) is 12.9. The summed E-state index contributed by atoms with van der Waals surface area (Å²) in [5.41, 5.74) is 0.983. The smallest absolute Gasteiger partial charge is 0.151 e. The monoisotopic (exact) mass is 268 g/mol. The van der Waals surface area contributed by atoms with Crippen molar-refractivity contribution >= 4 is 0 Å². The van der Waals surface area contributed by atoms with Crippen LogP contribution in [-0.2, 0) is 13.1 Å². The van der Waals surface area contributed by atoms with Crippen LogP contribution in [0.2, 0.25) is 0 Å². The van der Waals surface area contributed by atoms with E-state index in [0.717, 1.165) is 44.2 Å². The number of hydrogen-bond acceptors (Lipinski definition) is 5. The van der Waals surface area contributed by atoms with Crippen molar-refractivity contribution in [2.24, 2.45) is 5.92 Å². The summed E-state index contributed by atoms with van der Waals surface area (Å²) in [4.78, 5) is 4.42. The van der Waals surface area contributed by atoms with E-state index in [0.29, 0.717) is 5.92 Å². The molecule has 0 atom stereocenters. The Bertz CT molecular complexity index is 349. The number of nitrogens with zero attached hydrogens (tertiary/aromatic N) is 3. The summed E-state index contributed by atoms with van der Waals surface area (Å²) in [5, 5.41) is 7.45. The lowest BCUT2D eigenvalue weighted by Crippen LogP contribution is -2.28. The van der Waals surface area contributed by atoms with Gasteiger partial charge in [-0.3, -0.25) is 4.90 Å². The SMILES string of the molecule is CC(C)CNCc1cc(CN(C)CCN(C)C)on1. The molecule has 0 unspecified atom stereocenters. The van der Waals surface area contributed by atoms with Crippen LogP contribution in [0, 0.1) is 5.92 Å². The largest absolute Gasteiger partial charge is 0.360 e. The second-order valence-electron chi connectivity index (χ2n) is 5.85. The molecule has 0 aliphatic carbocycles. The highest BCUT2D eigenvalue weighted by Gasteiger charge is 2.07. The summed E-state index contributed by atoms with van der Waals surface area (Å²) >= 11 is 0. The van der Waals surface area contributed by atoms with E-state index in [1.807, 2.05) is 6.07 Å². The molecule has 0 saturated heterocycles. The Hall–Kier alpha value is -0.910. The summed E-state index contributed by atoms with van der Waals surface area (Å²) < 4.78 is 5.35. The van der Waals surface area contributed by atoms with Crippen LogP contribution < -0.4 is 5.32 Å². The average molecular weight is 268 g/mol. The van der Waals surface area contributed by atoms with Crippen LogP contribution in [0.25, 0.3) is 0 Å². The Balaban J connectivity index is 2.29. The standard InChI is InChI=1S/C14H28N4O/c1-12(2)9-15-10-13-8-14(19-16-13)11-18(5)7-6-17(3)4/h8,12,15H,6-7,9-11H2,1-5H3. The third-order valence-corrected chi connectivity index (χ3v) is 2.82. The van der Waals surface area contributed by atoms with E-state index in [1.54, 1.807) is 0 Å². The second-order valence-corrected chi connectivity index (χ2v) is 5.85. The number of likely N-dealkylation sites (N-methyl/N-ethyl adjacent to an activating group) is 2. The number of nitrogens with one attached hydrogen (secondary N) is 1. The first-order chi connectivity index (χ1) is 8.97. The number of aromatic nitrogens is 1. The molecule has 0 fully saturated rings. The maximum atomic E-state index is 5.35. The summed E-state index contributed by atoms with van der Waals surface area (Å²) in [5.74, 6) is 1.59. The second kappa shape index (κ2) is 8.30. The molecule has 0 radical (unpaired) electrons. The maximum Gasteiger partial charge on any atom is 0.151 e. The van der Waals surface area contributed by atoms with E-state index >= 15 is 0 Å². The molecule has 0 saturated carbocycles. The van der Waals surface area contributed by atoms with Gasteiger partial charge in [-0.1, -0.05) is 19.0 Å². The van der Waals surface area contributed by atoms with Crippen molar-refractivity contribution in [3.63, 3.8) is 0 Å². The van der Waals surface area contributed by atoms with Gasteiger partial charge in [-0.05, 0) is 33.6 Å².